The van der Waals surface area contributed by atoms with Crippen LogP contribution in [0.25, 0.3) is 5.70 Å². The number of nitrogens with zero attached hydrogens (tertiary/aromatic N) is 3. The molecule has 156 valence electrons. The molecule has 1 amide bonds. The Kier molecular flexibility index (Phi) is 6.64. The van der Waals surface area contributed by atoms with Gasteiger partial charge in [0.05, 0.1) is 29.8 Å². The van der Waals surface area contributed by atoms with Crippen LogP contribution in [0.15, 0.2) is 65.9 Å². The number of pyridine rings is 1. The maximum Gasteiger partial charge on any atom is 0.274 e. The molecule has 0 saturated heterocycles. The third kappa shape index (κ3) is 4.58. The number of carbonyl (C=O) groups is 1. The number of anilines is 2. The molecular formula is C23H27N5O2. The minimum atomic E-state index is -0.350. The molecule has 0 aliphatic carbocycles. The van der Waals surface area contributed by atoms with Gasteiger partial charge in [0.2, 0.25) is 0 Å². The van der Waals surface area contributed by atoms with E-state index in [1.54, 1.807) is 19.3 Å². The molecule has 0 saturated carbocycles. The van der Waals surface area contributed by atoms with Crippen molar-refractivity contribution < 1.29 is 9.53 Å². The Morgan fingerprint density at radius 3 is 2.87 bits per heavy atom. The maximum absolute atomic E-state index is 13.1. The first kappa shape index (κ1) is 21.3. The van der Waals surface area contributed by atoms with Crippen LogP contribution in [0, 0.1) is 0 Å². The minimum absolute atomic E-state index is 0.241. The van der Waals surface area contributed by atoms with Crippen LogP contribution in [0.5, 0.6) is 5.75 Å². The highest BCUT2D eigenvalue weighted by Gasteiger charge is 2.21. The van der Waals surface area contributed by atoms with Crippen molar-refractivity contribution in [1.29, 1.82) is 0 Å². The van der Waals surface area contributed by atoms with Crippen LogP contribution in [0.4, 0.5) is 11.4 Å². The SMILES string of the molecule is C=C(C)C1=N/C(=C\C)c2ccccc2O[C@H](CN)CN(C)c2ccncc2NC1=O. The second-order valence-electron chi connectivity index (χ2n) is 7.11. The number of nitrogens with one attached hydrogen (secondary N) is 1. The first-order chi connectivity index (χ1) is 14.4. The average molecular weight is 406 g/mol. The molecule has 0 bridgehead atoms. The van der Waals surface area contributed by atoms with Gasteiger partial charge in [0.1, 0.15) is 17.6 Å². The molecule has 1 aromatic heterocycles. The summed E-state index contributed by atoms with van der Waals surface area (Å²) in [5.74, 6) is 0.311. The third-order valence-corrected chi connectivity index (χ3v) is 4.78. The van der Waals surface area contributed by atoms with E-state index in [0.717, 1.165) is 11.3 Å². The number of allylic oxidation sites excluding steroid dienone is 1. The molecule has 0 fully saturated rings. The van der Waals surface area contributed by atoms with E-state index in [1.165, 1.54) is 0 Å². The molecule has 1 aliphatic rings. The van der Waals surface area contributed by atoms with Gasteiger partial charge in [-0.05, 0) is 37.6 Å². The van der Waals surface area contributed by atoms with Gasteiger partial charge in [-0.3, -0.25) is 9.78 Å². The van der Waals surface area contributed by atoms with Crippen LogP contribution < -0.4 is 20.7 Å². The molecule has 3 rings (SSSR count). The van der Waals surface area contributed by atoms with Crippen molar-refractivity contribution in [3.05, 3.63) is 66.5 Å². The Morgan fingerprint density at radius 2 is 2.17 bits per heavy atom. The van der Waals surface area contributed by atoms with E-state index in [9.17, 15) is 4.79 Å². The van der Waals surface area contributed by atoms with E-state index in [2.05, 4.69) is 21.9 Å². The predicted octanol–water partition coefficient (Wildman–Crippen LogP) is 3.25. The van der Waals surface area contributed by atoms with Gasteiger partial charge in [0, 0.05) is 25.4 Å². The number of aromatic nitrogens is 1. The summed E-state index contributed by atoms with van der Waals surface area (Å²) in [4.78, 5) is 23.9. The lowest BCUT2D eigenvalue weighted by atomic mass is 10.1. The Morgan fingerprint density at radius 1 is 1.40 bits per heavy atom. The zero-order chi connectivity index (χ0) is 21.7. The van der Waals surface area contributed by atoms with Gasteiger partial charge in [-0.25, -0.2) is 4.99 Å². The lowest BCUT2D eigenvalue weighted by Crippen LogP contribution is -2.39. The molecule has 0 radical (unpaired) electrons. The van der Waals surface area contributed by atoms with Crippen molar-refractivity contribution in [2.45, 2.75) is 20.0 Å². The molecule has 1 atom stereocenters. The quantitative estimate of drug-likeness (QED) is 0.800. The second kappa shape index (κ2) is 9.37. The third-order valence-electron chi connectivity index (χ3n) is 4.78. The van der Waals surface area contributed by atoms with E-state index in [0.29, 0.717) is 35.8 Å². The van der Waals surface area contributed by atoms with E-state index >= 15 is 0 Å². The summed E-state index contributed by atoms with van der Waals surface area (Å²) in [5, 5.41) is 2.93. The molecule has 7 nitrogen and oxygen atoms in total. The summed E-state index contributed by atoms with van der Waals surface area (Å²) >= 11 is 0. The number of amides is 1. The summed E-state index contributed by atoms with van der Waals surface area (Å²) in [7, 11) is 1.92. The number of rotatable bonds is 2. The molecule has 3 N–H and O–H groups in total. The molecular weight excluding hydrogens is 378 g/mol. The van der Waals surface area contributed by atoms with Gasteiger partial charge in [0.15, 0.2) is 0 Å². The minimum Gasteiger partial charge on any atom is -0.487 e. The summed E-state index contributed by atoms with van der Waals surface area (Å²) in [6, 6.07) is 9.45. The van der Waals surface area contributed by atoms with E-state index in [1.807, 2.05) is 55.3 Å². The van der Waals surface area contributed by atoms with Gasteiger partial charge >= 0.3 is 0 Å². The summed E-state index contributed by atoms with van der Waals surface area (Å²) in [6.07, 6.45) is 4.87. The van der Waals surface area contributed by atoms with Gasteiger partial charge in [-0.2, -0.15) is 0 Å². The van der Waals surface area contributed by atoms with Crippen LogP contribution in [-0.2, 0) is 4.79 Å². The van der Waals surface area contributed by atoms with E-state index in [4.69, 9.17) is 10.5 Å². The highest BCUT2D eigenvalue weighted by molar-refractivity contribution is 6.49. The number of benzene rings is 1. The zero-order valence-corrected chi connectivity index (χ0v) is 17.6. The van der Waals surface area contributed by atoms with Crippen molar-refractivity contribution in [2.75, 3.05) is 30.4 Å². The normalized spacial score (nSPS) is 18.6. The van der Waals surface area contributed by atoms with Crippen LogP contribution in [-0.4, -0.2) is 42.8 Å². The Labute approximate surface area is 177 Å². The first-order valence-corrected chi connectivity index (χ1v) is 9.78. The Bertz CT molecular complexity index is 1010. The number of fused-ring (bicyclic) bond motifs is 2. The number of aliphatic imine (C=N–C) groups is 1. The molecule has 0 spiro atoms. The summed E-state index contributed by atoms with van der Waals surface area (Å²) in [6.45, 7) is 8.43. The standard InChI is InChI=1S/C23H27N5O2/c1-5-18-17-8-6-7-9-21(17)30-16(12-24)14-28(4)20-10-11-25-13-19(20)27-23(29)22(26-18)15(2)3/h5-11,13,16H,2,12,14,24H2,1,3-4H3,(H,27,29)/b18-5-,26-22?/t16-/m1/s1. The van der Waals surface area contributed by atoms with Gasteiger partial charge in [0.25, 0.3) is 5.91 Å². The number of hydrogen-bond donors (Lipinski definition) is 2. The van der Waals surface area contributed by atoms with Crippen LogP contribution in [0.1, 0.15) is 19.4 Å². The van der Waals surface area contributed by atoms with Crippen LogP contribution >= 0.6 is 0 Å². The average Bonchev–Trinajstić information content (AvgIpc) is 2.74. The molecule has 30 heavy (non-hydrogen) atoms. The number of hydrogen-bond acceptors (Lipinski definition) is 6. The van der Waals surface area contributed by atoms with Crippen molar-refractivity contribution in [3.63, 3.8) is 0 Å². The smallest absolute Gasteiger partial charge is 0.274 e. The van der Waals surface area contributed by atoms with Crippen molar-refractivity contribution in [1.82, 2.24) is 4.98 Å². The van der Waals surface area contributed by atoms with Crippen LogP contribution in [0.3, 0.4) is 0 Å². The lowest BCUT2D eigenvalue weighted by Gasteiger charge is -2.27. The maximum atomic E-state index is 13.1. The highest BCUT2D eigenvalue weighted by Crippen LogP contribution is 2.30. The topological polar surface area (TPSA) is 92.8 Å². The monoisotopic (exact) mass is 405 g/mol. The fourth-order valence-electron chi connectivity index (χ4n) is 3.26. The first-order valence-electron chi connectivity index (χ1n) is 9.78. The number of para-hydroxylation sites is 1. The summed E-state index contributed by atoms with van der Waals surface area (Å²) < 4.78 is 6.28. The zero-order valence-electron chi connectivity index (χ0n) is 17.6. The fourth-order valence-corrected chi connectivity index (χ4v) is 3.26. The lowest BCUT2D eigenvalue weighted by molar-refractivity contribution is -0.110. The number of ether oxygens (including phenoxy) is 1. The molecule has 0 unspecified atom stereocenters. The van der Waals surface area contributed by atoms with Crippen LogP contribution in [0.2, 0.25) is 0 Å². The van der Waals surface area contributed by atoms with Crippen molar-refractivity contribution >= 4 is 28.7 Å². The number of carbonyl (C=O) groups excluding carboxylic acids is 1. The van der Waals surface area contributed by atoms with E-state index in [-0.39, 0.29) is 17.7 Å². The molecule has 1 aliphatic heterocycles. The predicted molar refractivity (Wildman–Crippen MR) is 122 cm³/mol. The molecule has 2 aromatic rings. The number of likely N-dealkylation sites (N-methyl/N-ethyl adjacent to an activating group) is 1. The van der Waals surface area contributed by atoms with Gasteiger partial charge < -0.3 is 20.7 Å². The second-order valence-corrected chi connectivity index (χ2v) is 7.11. The molecule has 7 heteroatoms. The largest absolute Gasteiger partial charge is 0.487 e. The fraction of sp³-hybridized carbons (Fsp3) is 0.261. The van der Waals surface area contributed by atoms with Crippen molar-refractivity contribution in [2.24, 2.45) is 10.7 Å². The molecule has 1 aromatic carbocycles. The van der Waals surface area contributed by atoms with Gasteiger partial charge in [-0.15, -0.1) is 0 Å². The van der Waals surface area contributed by atoms with Gasteiger partial charge in [-0.1, -0.05) is 24.8 Å². The highest BCUT2D eigenvalue weighted by atomic mass is 16.5. The van der Waals surface area contributed by atoms with E-state index < -0.39 is 0 Å². The molecule has 2 heterocycles. The van der Waals surface area contributed by atoms with Crippen molar-refractivity contribution in [3.8, 4) is 5.75 Å². The summed E-state index contributed by atoms with van der Waals surface area (Å²) in [5.41, 5.74) is 9.60. The number of nitrogens with two attached hydrogens (primary N) is 1. The Hall–Kier alpha value is -3.45. The Balaban J connectivity index is 2.19.